The predicted octanol–water partition coefficient (Wildman–Crippen LogP) is 3.01. The minimum atomic E-state index is -4.08. The van der Waals surface area contributed by atoms with Crippen LogP contribution in [-0.2, 0) is 0 Å². The Kier molecular flexibility index (Phi) is 5.06. The van der Waals surface area contributed by atoms with Gasteiger partial charge in [-0.25, -0.2) is 0 Å². The first-order valence-electron chi connectivity index (χ1n) is 4.28. The second kappa shape index (κ2) is 5.27. The maximum Gasteiger partial charge on any atom is 0.389 e. The van der Waals surface area contributed by atoms with Crippen molar-refractivity contribution >= 4 is 0 Å². The van der Waals surface area contributed by atoms with Crippen LogP contribution in [0.3, 0.4) is 0 Å². The van der Waals surface area contributed by atoms with Crippen molar-refractivity contribution < 1.29 is 13.2 Å². The summed E-state index contributed by atoms with van der Waals surface area (Å²) in [7, 11) is 0. The highest BCUT2D eigenvalue weighted by Gasteiger charge is 2.27. The minimum Gasteiger partial charge on any atom is -0.328 e. The van der Waals surface area contributed by atoms with Crippen molar-refractivity contribution in [1.82, 2.24) is 0 Å². The molecule has 0 spiro atoms. The van der Waals surface area contributed by atoms with E-state index < -0.39 is 12.6 Å². The molecule has 0 aliphatic carbocycles. The van der Waals surface area contributed by atoms with Gasteiger partial charge in [-0.1, -0.05) is 5.57 Å². The first-order valence-corrected chi connectivity index (χ1v) is 4.28. The van der Waals surface area contributed by atoms with Crippen LogP contribution in [0.5, 0.6) is 0 Å². The van der Waals surface area contributed by atoms with Crippen molar-refractivity contribution in [3.05, 3.63) is 12.2 Å². The summed E-state index contributed by atoms with van der Waals surface area (Å²) in [5.41, 5.74) is 6.45. The summed E-state index contributed by atoms with van der Waals surface area (Å²) < 4.78 is 35.2. The van der Waals surface area contributed by atoms with Gasteiger partial charge in [0, 0.05) is 12.5 Å². The Bertz CT molecular complexity index is 163. The fourth-order valence-electron chi connectivity index (χ4n) is 0.925. The van der Waals surface area contributed by atoms with E-state index in [1.807, 2.05) is 6.92 Å². The molecule has 0 bridgehead atoms. The molecular formula is C9H16F3N. The number of allylic oxidation sites excluding steroid dienone is 1. The van der Waals surface area contributed by atoms with Crippen LogP contribution < -0.4 is 5.73 Å². The number of halogens is 3. The normalized spacial score (nSPS) is 14.2. The summed E-state index contributed by atoms with van der Waals surface area (Å²) in [5.74, 6) is 0. The zero-order valence-electron chi connectivity index (χ0n) is 7.82. The number of nitrogens with two attached hydrogens (primary N) is 1. The van der Waals surface area contributed by atoms with Crippen LogP contribution in [0, 0.1) is 0 Å². The molecule has 0 aromatic carbocycles. The lowest BCUT2D eigenvalue weighted by molar-refractivity contribution is -0.136. The third-order valence-corrected chi connectivity index (χ3v) is 1.74. The van der Waals surface area contributed by atoms with Crippen molar-refractivity contribution in [2.75, 3.05) is 0 Å². The van der Waals surface area contributed by atoms with E-state index in [1.165, 1.54) is 0 Å². The fraction of sp³-hybridized carbons (Fsp3) is 0.778. The van der Waals surface area contributed by atoms with Crippen LogP contribution >= 0.6 is 0 Å². The summed E-state index contributed by atoms with van der Waals surface area (Å²) in [6.45, 7) is 5.50. The molecule has 0 saturated heterocycles. The lowest BCUT2D eigenvalue weighted by atomic mass is 10.0. The highest BCUT2D eigenvalue weighted by molar-refractivity contribution is 4.88. The average Bonchev–Trinajstić information content (AvgIpc) is 1.95. The third kappa shape index (κ3) is 9.40. The molecule has 0 heterocycles. The number of alkyl halides is 3. The Morgan fingerprint density at radius 1 is 1.38 bits per heavy atom. The predicted molar refractivity (Wildman–Crippen MR) is 47.3 cm³/mol. The molecule has 4 heteroatoms. The van der Waals surface area contributed by atoms with Gasteiger partial charge >= 0.3 is 6.18 Å². The van der Waals surface area contributed by atoms with Gasteiger partial charge in [-0.15, -0.1) is 6.58 Å². The summed E-state index contributed by atoms with van der Waals surface area (Å²) in [4.78, 5) is 0. The van der Waals surface area contributed by atoms with E-state index in [9.17, 15) is 13.2 Å². The zero-order chi connectivity index (χ0) is 10.5. The Balaban J connectivity index is 3.52. The van der Waals surface area contributed by atoms with E-state index in [2.05, 4.69) is 6.58 Å². The molecule has 0 fully saturated rings. The molecule has 1 nitrogen and oxygen atoms in total. The van der Waals surface area contributed by atoms with Crippen LogP contribution in [-0.4, -0.2) is 12.2 Å². The van der Waals surface area contributed by atoms with Crippen molar-refractivity contribution in [3.63, 3.8) is 0 Å². The maximum atomic E-state index is 11.7. The monoisotopic (exact) mass is 195 g/mol. The average molecular weight is 195 g/mol. The molecule has 0 aromatic heterocycles. The number of rotatable bonds is 5. The molecule has 13 heavy (non-hydrogen) atoms. The molecule has 1 atom stereocenters. The number of hydrogen-bond donors (Lipinski definition) is 1. The Morgan fingerprint density at radius 2 is 1.92 bits per heavy atom. The summed E-state index contributed by atoms with van der Waals surface area (Å²) in [6.07, 6.45) is -3.56. The van der Waals surface area contributed by atoms with Gasteiger partial charge in [-0.3, -0.25) is 0 Å². The van der Waals surface area contributed by atoms with Gasteiger partial charge in [0.25, 0.3) is 0 Å². The molecular weight excluding hydrogens is 179 g/mol. The van der Waals surface area contributed by atoms with Crippen molar-refractivity contribution in [2.24, 2.45) is 5.73 Å². The molecule has 1 unspecified atom stereocenters. The van der Waals surface area contributed by atoms with Crippen LogP contribution in [0.4, 0.5) is 13.2 Å². The summed E-state index contributed by atoms with van der Waals surface area (Å²) in [6, 6.07) is -0.363. The Morgan fingerprint density at radius 3 is 2.31 bits per heavy atom. The largest absolute Gasteiger partial charge is 0.389 e. The maximum absolute atomic E-state index is 11.7. The SMILES string of the molecule is C=C(C)CCC(N)CCC(F)(F)F. The topological polar surface area (TPSA) is 26.0 Å². The quantitative estimate of drug-likeness (QED) is 0.670. The lowest BCUT2D eigenvalue weighted by Gasteiger charge is -2.12. The van der Waals surface area contributed by atoms with E-state index in [0.717, 1.165) is 5.57 Å². The van der Waals surface area contributed by atoms with E-state index >= 15 is 0 Å². The van der Waals surface area contributed by atoms with Gasteiger partial charge in [-0.2, -0.15) is 13.2 Å². The molecule has 78 valence electrons. The molecule has 0 radical (unpaired) electrons. The van der Waals surface area contributed by atoms with Gasteiger partial charge in [0.05, 0.1) is 0 Å². The first kappa shape index (κ1) is 12.5. The zero-order valence-corrected chi connectivity index (χ0v) is 7.82. The van der Waals surface area contributed by atoms with Crippen LogP contribution in [0.15, 0.2) is 12.2 Å². The van der Waals surface area contributed by atoms with E-state index in [4.69, 9.17) is 5.73 Å². The lowest BCUT2D eigenvalue weighted by Crippen LogP contribution is -2.22. The standard InChI is InChI=1S/C9H16F3N/c1-7(2)3-4-8(13)5-6-9(10,11)12/h8H,1,3-6,13H2,2H3. The first-order chi connectivity index (χ1) is 5.81. The third-order valence-electron chi connectivity index (χ3n) is 1.74. The summed E-state index contributed by atoms with van der Waals surface area (Å²) >= 11 is 0. The molecule has 0 amide bonds. The van der Waals surface area contributed by atoms with Crippen molar-refractivity contribution in [1.29, 1.82) is 0 Å². The molecule has 0 aliphatic heterocycles. The van der Waals surface area contributed by atoms with Gasteiger partial charge in [0.1, 0.15) is 0 Å². The van der Waals surface area contributed by atoms with Crippen LogP contribution in [0.2, 0.25) is 0 Å². The minimum absolute atomic E-state index is 0.0107. The molecule has 0 rings (SSSR count). The summed E-state index contributed by atoms with van der Waals surface area (Å²) in [5, 5.41) is 0. The second-order valence-electron chi connectivity index (χ2n) is 3.41. The van der Waals surface area contributed by atoms with Crippen molar-refractivity contribution in [2.45, 2.75) is 44.8 Å². The highest BCUT2D eigenvalue weighted by atomic mass is 19.4. The van der Waals surface area contributed by atoms with Gasteiger partial charge < -0.3 is 5.73 Å². The van der Waals surface area contributed by atoms with E-state index in [1.54, 1.807) is 0 Å². The van der Waals surface area contributed by atoms with Crippen LogP contribution in [0.1, 0.15) is 32.6 Å². The fourth-order valence-corrected chi connectivity index (χ4v) is 0.925. The second-order valence-corrected chi connectivity index (χ2v) is 3.41. The van der Waals surface area contributed by atoms with E-state index in [-0.39, 0.29) is 12.5 Å². The molecule has 2 N–H and O–H groups in total. The molecule has 0 saturated carbocycles. The Labute approximate surface area is 76.8 Å². The van der Waals surface area contributed by atoms with Gasteiger partial charge in [0.2, 0.25) is 0 Å². The van der Waals surface area contributed by atoms with Gasteiger partial charge in [0.15, 0.2) is 0 Å². The Hall–Kier alpha value is -0.510. The van der Waals surface area contributed by atoms with Crippen molar-refractivity contribution in [3.8, 4) is 0 Å². The molecule has 0 aliphatic rings. The van der Waals surface area contributed by atoms with Gasteiger partial charge in [-0.05, 0) is 26.2 Å². The van der Waals surface area contributed by atoms with Crippen LogP contribution in [0.25, 0.3) is 0 Å². The number of hydrogen-bond acceptors (Lipinski definition) is 1. The van der Waals surface area contributed by atoms with E-state index in [0.29, 0.717) is 12.8 Å². The highest BCUT2D eigenvalue weighted by Crippen LogP contribution is 2.22. The smallest absolute Gasteiger partial charge is 0.328 e. The molecule has 0 aromatic rings.